The quantitative estimate of drug-likeness (QED) is 0.354. The van der Waals surface area contributed by atoms with Crippen LogP contribution in [-0.2, 0) is 0 Å². The monoisotopic (exact) mass is 271 g/mol. The first-order valence-corrected chi connectivity index (χ1v) is 5.63. The molecule has 0 unspecified atom stereocenters. The first-order chi connectivity index (χ1) is 9.75. The van der Waals surface area contributed by atoms with Gasteiger partial charge in [0.1, 0.15) is 11.0 Å². The van der Waals surface area contributed by atoms with E-state index in [2.05, 4.69) is 35.1 Å². The SMILES string of the molecule is O=c1[nH]cnc2[nH]ccc12.O=c1[nH]cnc2[nH]ncc12. The second-order valence-corrected chi connectivity index (χ2v) is 3.84. The number of nitrogens with zero attached hydrogens (tertiary/aromatic N) is 3. The van der Waals surface area contributed by atoms with Crippen molar-refractivity contribution >= 4 is 22.1 Å². The number of hydrogen-bond acceptors (Lipinski definition) is 5. The van der Waals surface area contributed by atoms with Crippen LogP contribution in [0.1, 0.15) is 0 Å². The summed E-state index contributed by atoms with van der Waals surface area (Å²) in [6.07, 6.45) is 5.85. The van der Waals surface area contributed by atoms with Crippen molar-refractivity contribution in [2.24, 2.45) is 0 Å². The van der Waals surface area contributed by atoms with Crippen LogP contribution in [0, 0.1) is 0 Å². The van der Waals surface area contributed by atoms with Gasteiger partial charge >= 0.3 is 0 Å². The molecule has 4 aromatic heterocycles. The Hall–Kier alpha value is -3.23. The van der Waals surface area contributed by atoms with E-state index in [4.69, 9.17) is 0 Å². The van der Waals surface area contributed by atoms with Crippen LogP contribution in [0.2, 0.25) is 0 Å². The predicted octanol–water partition coefficient (Wildman–Crippen LogP) is -0.103. The molecule has 0 atom stereocenters. The second kappa shape index (κ2) is 4.80. The Labute approximate surface area is 110 Å². The van der Waals surface area contributed by atoms with Crippen molar-refractivity contribution in [3.8, 4) is 0 Å². The topological polar surface area (TPSA) is 136 Å². The number of nitrogens with one attached hydrogen (secondary N) is 4. The fourth-order valence-corrected chi connectivity index (χ4v) is 1.66. The van der Waals surface area contributed by atoms with Gasteiger partial charge in [0.2, 0.25) is 0 Å². The third-order valence-corrected chi connectivity index (χ3v) is 2.61. The van der Waals surface area contributed by atoms with Gasteiger partial charge < -0.3 is 15.0 Å². The highest BCUT2D eigenvalue weighted by Gasteiger charge is 1.97. The number of H-pyrrole nitrogens is 4. The van der Waals surface area contributed by atoms with Crippen LogP contribution < -0.4 is 11.1 Å². The minimum Gasteiger partial charge on any atom is -0.346 e. The van der Waals surface area contributed by atoms with Gasteiger partial charge in [0.05, 0.1) is 24.2 Å². The lowest BCUT2D eigenvalue weighted by atomic mass is 10.4. The van der Waals surface area contributed by atoms with Crippen molar-refractivity contribution in [2.75, 3.05) is 0 Å². The lowest BCUT2D eigenvalue weighted by molar-refractivity contribution is 1.08. The van der Waals surface area contributed by atoms with Gasteiger partial charge in [-0.2, -0.15) is 5.10 Å². The summed E-state index contributed by atoms with van der Waals surface area (Å²) in [5.74, 6) is 0. The zero-order valence-corrected chi connectivity index (χ0v) is 10.0. The Morgan fingerprint density at radius 1 is 0.850 bits per heavy atom. The van der Waals surface area contributed by atoms with Gasteiger partial charge in [0.15, 0.2) is 5.65 Å². The van der Waals surface area contributed by atoms with Gasteiger partial charge in [-0.1, -0.05) is 0 Å². The average molecular weight is 271 g/mol. The molecular formula is C11H9N7O2. The smallest absolute Gasteiger partial charge is 0.261 e. The van der Waals surface area contributed by atoms with E-state index < -0.39 is 0 Å². The molecule has 0 aliphatic rings. The van der Waals surface area contributed by atoms with Crippen LogP contribution in [0.15, 0.2) is 40.7 Å². The Morgan fingerprint density at radius 2 is 1.55 bits per heavy atom. The molecule has 9 heteroatoms. The lowest BCUT2D eigenvalue weighted by Gasteiger charge is -1.83. The van der Waals surface area contributed by atoms with Gasteiger partial charge in [-0.05, 0) is 6.07 Å². The molecule has 4 rings (SSSR count). The summed E-state index contributed by atoms with van der Waals surface area (Å²) < 4.78 is 0. The molecule has 0 bridgehead atoms. The second-order valence-electron chi connectivity index (χ2n) is 3.84. The van der Waals surface area contributed by atoms with Gasteiger partial charge in [0.25, 0.3) is 11.1 Å². The predicted molar refractivity (Wildman–Crippen MR) is 71.2 cm³/mol. The van der Waals surface area contributed by atoms with Crippen molar-refractivity contribution in [3.05, 3.63) is 51.8 Å². The number of hydrogen-bond donors (Lipinski definition) is 4. The zero-order valence-electron chi connectivity index (χ0n) is 10.0. The Balaban J connectivity index is 0.000000121. The number of fused-ring (bicyclic) bond motifs is 2. The van der Waals surface area contributed by atoms with Crippen LogP contribution in [0.3, 0.4) is 0 Å². The summed E-state index contributed by atoms with van der Waals surface area (Å²) in [6.45, 7) is 0. The molecule has 0 aromatic carbocycles. The third kappa shape index (κ3) is 2.07. The van der Waals surface area contributed by atoms with E-state index >= 15 is 0 Å². The van der Waals surface area contributed by atoms with Gasteiger partial charge in [-0.15, -0.1) is 0 Å². The minimum atomic E-state index is -0.168. The van der Waals surface area contributed by atoms with Crippen molar-refractivity contribution in [3.63, 3.8) is 0 Å². The molecule has 4 heterocycles. The van der Waals surface area contributed by atoms with Crippen molar-refractivity contribution in [1.82, 2.24) is 35.1 Å². The molecule has 4 N–H and O–H groups in total. The Bertz CT molecular complexity index is 881. The molecule has 0 amide bonds. The van der Waals surface area contributed by atoms with Crippen molar-refractivity contribution in [1.29, 1.82) is 0 Å². The molecule has 100 valence electrons. The number of aromatic nitrogens is 7. The Kier molecular flexibility index (Phi) is 2.84. The molecule has 0 fully saturated rings. The number of aromatic amines is 4. The van der Waals surface area contributed by atoms with Crippen LogP contribution in [0.5, 0.6) is 0 Å². The first kappa shape index (κ1) is 11.8. The number of rotatable bonds is 0. The molecule has 4 aromatic rings. The van der Waals surface area contributed by atoms with E-state index in [0.29, 0.717) is 22.1 Å². The van der Waals surface area contributed by atoms with E-state index in [1.54, 1.807) is 12.3 Å². The van der Waals surface area contributed by atoms with E-state index in [9.17, 15) is 9.59 Å². The fourth-order valence-electron chi connectivity index (χ4n) is 1.66. The summed E-state index contributed by atoms with van der Waals surface area (Å²) in [5.41, 5.74) is 0.873. The maximum Gasteiger partial charge on any atom is 0.261 e. The molecule has 0 saturated carbocycles. The summed E-state index contributed by atoms with van der Waals surface area (Å²) in [6, 6.07) is 1.70. The van der Waals surface area contributed by atoms with Crippen LogP contribution >= 0.6 is 0 Å². The van der Waals surface area contributed by atoms with Crippen LogP contribution in [0.4, 0.5) is 0 Å². The molecule has 9 nitrogen and oxygen atoms in total. The van der Waals surface area contributed by atoms with E-state index in [0.717, 1.165) is 0 Å². The highest BCUT2D eigenvalue weighted by molar-refractivity contribution is 5.73. The molecular weight excluding hydrogens is 262 g/mol. The zero-order chi connectivity index (χ0) is 13.9. The molecule has 0 aliphatic carbocycles. The summed E-state index contributed by atoms with van der Waals surface area (Å²) in [5, 5.41) is 7.32. The van der Waals surface area contributed by atoms with E-state index in [1.165, 1.54) is 18.9 Å². The maximum atomic E-state index is 10.9. The summed E-state index contributed by atoms with van der Waals surface area (Å²) in [7, 11) is 0. The van der Waals surface area contributed by atoms with Crippen LogP contribution in [0.25, 0.3) is 22.1 Å². The highest BCUT2D eigenvalue weighted by atomic mass is 16.1. The molecule has 0 radical (unpaired) electrons. The minimum absolute atomic E-state index is 0.105. The normalized spacial score (nSPS) is 10.4. The lowest BCUT2D eigenvalue weighted by Crippen LogP contribution is -2.04. The third-order valence-electron chi connectivity index (χ3n) is 2.61. The van der Waals surface area contributed by atoms with Crippen molar-refractivity contribution < 1.29 is 0 Å². The summed E-state index contributed by atoms with van der Waals surface area (Å²) in [4.78, 5) is 37.3. The largest absolute Gasteiger partial charge is 0.346 e. The molecule has 20 heavy (non-hydrogen) atoms. The molecule has 0 aliphatic heterocycles. The maximum absolute atomic E-state index is 10.9. The molecule has 0 spiro atoms. The van der Waals surface area contributed by atoms with Gasteiger partial charge in [0, 0.05) is 6.20 Å². The summed E-state index contributed by atoms with van der Waals surface area (Å²) >= 11 is 0. The standard InChI is InChI=1S/C6H5N3O.C5H4N4O/c10-6-4-1-2-7-5(4)8-3-9-6;10-5-3-1-8-9-4(3)6-2-7-5/h1-3H,(H2,7,8,9,10);1-2H,(H2,6,7,8,9,10). The Morgan fingerprint density at radius 3 is 2.25 bits per heavy atom. The average Bonchev–Trinajstić information content (AvgIpc) is 3.08. The van der Waals surface area contributed by atoms with Crippen LogP contribution in [-0.4, -0.2) is 35.1 Å². The van der Waals surface area contributed by atoms with E-state index in [1.807, 2.05) is 0 Å². The van der Waals surface area contributed by atoms with Gasteiger partial charge in [-0.25, -0.2) is 9.97 Å². The highest BCUT2D eigenvalue weighted by Crippen LogP contribution is 1.99. The fraction of sp³-hybridized carbons (Fsp3) is 0. The molecule has 0 saturated heterocycles. The first-order valence-electron chi connectivity index (χ1n) is 5.63. The van der Waals surface area contributed by atoms with E-state index in [-0.39, 0.29) is 11.1 Å². The van der Waals surface area contributed by atoms with Gasteiger partial charge in [-0.3, -0.25) is 14.7 Å². The van der Waals surface area contributed by atoms with Crippen molar-refractivity contribution in [2.45, 2.75) is 0 Å².